The van der Waals surface area contributed by atoms with Crippen LogP contribution in [0.5, 0.6) is 0 Å². The highest BCUT2D eigenvalue weighted by Crippen LogP contribution is 2.22. The molecule has 1 aromatic carbocycles. The Balaban J connectivity index is -0.000000286. The monoisotopic (exact) mass is 302 g/mol. The van der Waals surface area contributed by atoms with E-state index in [0.29, 0.717) is 0 Å². The molecule has 8 N–H and O–H groups in total. The van der Waals surface area contributed by atoms with E-state index in [2.05, 4.69) is 45.5 Å². The van der Waals surface area contributed by atoms with Crippen LogP contribution in [0.3, 0.4) is 0 Å². The summed E-state index contributed by atoms with van der Waals surface area (Å²) in [5, 5.41) is 14.9. The Bertz CT molecular complexity index is 419. The molecule has 0 bridgehead atoms. The van der Waals surface area contributed by atoms with Crippen LogP contribution < -0.4 is 5.73 Å². The molecule has 0 radical (unpaired) electrons. The quantitative estimate of drug-likeness (QED) is 0.273. The predicted octanol–water partition coefficient (Wildman–Crippen LogP) is 2.01. The summed E-state index contributed by atoms with van der Waals surface area (Å²) in [5.74, 6) is -0.0625. The van der Waals surface area contributed by atoms with Gasteiger partial charge < -0.3 is 21.8 Å². The average molecular weight is 302 g/mol. The maximum Gasteiger partial charge on any atom is 0.118 e. The van der Waals surface area contributed by atoms with Gasteiger partial charge in [-0.1, -0.05) is 32.9 Å². The summed E-state index contributed by atoms with van der Waals surface area (Å²) in [6, 6.07) is 8.32. The van der Waals surface area contributed by atoms with Gasteiger partial charge in [-0.2, -0.15) is 0 Å². The van der Waals surface area contributed by atoms with Crippen LogP contribution >= 0.6 is 12.6 Å². The van der Waals surface area contributed by atoms with Gasteiger partial charge in [0.15, 0.2) is 0 Å². The lowest BCUT2D eigenvalue weighted by molar-refractivity contribution is 0.415. The minimum atomic E-state index is -0.125. The van der Waals surface area contributed by atoms with E-state index < -0.39 is 0 Å². The zero-order valence-electron chi connectivity index (χ0n) is 12.4. The number of nitrogens with one attached hydrogen (secondary N) is 1. The number of amidine groups is 1. The first-order valence-electron chi connectivity index (χ1n) is 5.63. The van der Waals surface area contributed by atoms with Crippen LogP contribution in [0.25, 0.3) is 0 Å². The number of benzene rings is 1. The van der Waals surface area contributed by atoms with E-state index in [0.717, 1.165) is 4.90 Å². The molecule has 0 aromatic heterocycles. The maximum absolute atomic E-state index is 8.36. The first-order chi connectivity index (χ1) is 8.12. The van der Waals surface area contributed by atoms with Gasteiger partial charge in [-0.15, -0.1) is 12.6 Å². The third-order valence-corrected chi connectivity index (χ3v) is 2.40. The Hall–Kier alpha value is -1.50. The minimum absolute atomic E-state index is 0. The van der Waals surface area contributed by atoms with Crippen molar-refractivity contribution in [2.24, 2.45) is 5.73 Å². The van der Waals surface area contributed by atoms with Crippen molar-refractivity contribution in [1.29, 1.82) is 5.41 Å². The lowest BCUT2D eigenvalue weighted by Gasteiger charge is -2.18. The van der Waals surface area contributed by atoms with E-state index in [9.17, 15) is 0 Å². The number of aliphatic hydroxyl groups excluding tert-OH is 1. The largest absolute Gasteiger partial charge is 0.512 e. The zero-order valence-corrected chi connectivity index (χ0v) is 13.3. The Morgan fingerprint density at radius 2 is 1.60 bits per heavy atom. The van der Waals surface area contributed by atoms with Crippen LogP contribution in [0, 0.1) is 5.41 Å². The van der Waals surface area contributed by atoms with Gasteiger partial charge in [0, 0.05) is 11.0 Å². The van der Waals surface area contributed by atoms with E-state index in [1.807, 2.05) is 12.1 Å². The summed E-state index contributed by atoms with van der Waals surface area (Å²) in [4.78, 5) is 1.03. The number of allylic oxidation sites excluding steroid dienone is 1. The lowest BCUT2D eigenvalue weighted by atomic mass is 9.87. The van der Waals surface area contributed by atoms with E-state index in [1.165, 1.54) is 18.6 Å². The molecule has 6 heteroatoms. The molecule has 0 atom stereocenters. The van der Waals surface area contributed by atoms with Crippen molar-refractivity contribution in [1.82, 2.24) is 0 Å². The van der Waals surface area contributed by atoms with Crippen molar-refractivity contribution >= 4 is 18.5 Å². The molecule has 0 saturated carbocycles. The molecule has 20 heavy (non-hydrogen) atoms. The second-order valence-corrected chi connectivity index (χ2v) is 5.55. The van der Waals surface area contributed by atoms with Crippen molar-refractivity contribution < 1.29 is 16.1 Å². The topological polar surface area (TPSA) is 133 Å². The molecule has 1 aromatic rings. The molecule has 0 amide bonds. The molecule has 0 aliphatic rings. The molecule has 0 heterocycles. The number of rotatable bonds is 1. The number of thiol groups is 1. The van der Waals surface area contributed by atoms with Crippen LogP contribution in [-0.2, 0) is 5.41 Å². The summed E-state index contributed by atoms with van der Waals surface area (Å²) < 4.78 is 0. The van der Waals surface area contributed by atoms with Gasteiger partial charge in [-0.05, 0) is 30.0 Å². The Kier molecular flexibility index (Phi) is 12.2. The second-order valence-electron chi connectivity index (χ2n) is 5.04. The highest BCUT2D eigenvalue weighted by molar-refractivity contribution is 7.80. The fourth-order valence-corrected chi connectivity index (χ4v) is 1.34. The van der Waals surface area contributed by atoms with Crippen LogP contribution in [-0.4, -0.2) is 21.9 Å². The molecule has 5 nitrogen and oxygen atoms in total. The summed E-state index contributed by atoms with van der Waals surface area (Å²) in [6.45, 7) is 8.09. The predicted molar refractivity (Wildman–Crippen MR) is 87.9 cm³/mol. The SMILES string of the molecule is C/C(O)=C/C(=N)N.CC(C)(C)c1ccc(S)cc1.O.O. The smallest absolute Gasteiger partial charge is 0.118 e. The van der Waals surface area contributed by atoms with E-state index in [1.54, 1.807) is 0 Å². The highest BCUT2D eigenvalue weighted by Gasteiger charge is 2.11. The molecule has 0 aliphatic heterocycles. The van der Waals surface area contributed by atoms with Gasteiger partial charge in [0.2, 0.25) is 0 Å². The number of hydrogen-bond donors (Lipinski definition) is 4. The fourth-order valence-electron chi connectivity index (χ4n) is 1.19. The summed E-state index contributed by atoms with van der Waals surface area (Å²) in [7, 11) is 0. The summed E-state index contributed by atoms with van der Waals surface area (Å²) in [5.41, 5.74) is 6.45. The maximum atomic E-state index is 8.36. The molecule has 116 valence electrons. The first kappa shape index (κ1) is 23.6. The van der Waals surface area contributed by atoms with Crippen molar-refractivity contribution in [3.63, 3.8) is 0 Å². The highest BCUT2D eigenvalue weighted by atomic mass is 32.1. The third-order valence-electron chi connectivity index (χ3n) is 2.10. The molecule has 1 rings (SSSR count). The molecular formula is C14H26N2O3S. The number of hydrogen-bond acceptors (Lipinski definition) is 3. The minimum Gasteiger partial charge on any atom is -0.512 e. The zero-order chi connectivity index (χ0) is 14.3. The fraction of sp³-hybridized carbons (Fsp3) is 0.357. The molecule has 0 aliphatic carbocycles. The number of nitrogens with two attached hydrogens (primary N) is 1. The van der Waals surface area contributed by atoms with Crippen LogP contribution in [0.4, 0.5) is 0 Å². The van der Waals surface area contributed by atoms with Gasteiger partial charge in [0.05, 0.1) is 5.76 Å². The van der Waals surface area contributed by atoms with Crippen molar-refractivity contribution in [3.05, 3.63) is 41.7 Å². The van der Waals surface area contributed by atoms with E-state index in [4.69, 9.17) is 16.2 Å². The van der Waals surface area contributed by atoms with Crippen LogP contribution in [0.1, 0.15) is 33.3 Å². The lowest BCUT2D eigenvalue weighted by Crippen LogP contribution is -2.10. The number of aliphatic hydroxyl groups is 1. The molecule has 0 spiro atoms. The molecular weight excluding hydrogens is 276 g/mol. The molecule has 0 saturated heterocycles. The van der Waals surface area contributed by atoms with E-state index >= 15 is 0 Å². The Morgan fingerprint density at radius 3 is 1.80 bits per heavy atom. The summed E-state index contributed by atoms with van der Waals surface area (Å²) in [6.07, 6.45) is 1.17. The van der Waals surface area contributed by atoms with Crippen molar-refractivity contribution in [3.8, 4) is 0 Å². The molecule has 0 unspecified atom stereocenters. The van der Waals surface area contributed by atoms with Gasteiger partial charge in [-0.25, -0.2) is 0 Å². The van der Waals surface area contributed by atoms with Gasteiger partial charge >= 0.3 is 0 Å². The van der Waals surface area contributed by atoms with Crippen LogP contribution in [0.15, 0.2) is 41.0 Å². The molecule has 0 fully saturated rings. The third kappa shape index (κ3) is 11.6. The van der Waals surface area contributed by atoms with E-state index in [-0.39, 0.29) is 28.0 Å². The van der Waals surface area contributed by atoms with Gasteiger partial charge in [-0.3, -0.25) is 5.41 Å². The van der Waals surface area contributed by atoms with Gasteiger partial charge in [0.1, 0.15) is 5.84 Å². The standard InChI is InChI=1S/C10H14S.C4H8N2O.2H2O/c1-10(2,3)8-4-6-9(11)7-5-8;1-3(7)2-4(5)6;;/h4-7,11H,1-3H3;2,7H,1H3,(H3,5,6);2*1H2/b;3-2-;;. The summed E-state index contributed by atoms with van der Waals surface area (Å²) >= 11 is 4.23. The first-order valence-corrected chi connectivity index (χ1v) is 6.08. The van der Waals surface area contributed by atoms with Gasteiger partial charge in [0.25, 0.3) is 0 Å². The van der Waals surface area contributed by atoms with Crippen LogP contribution in [0.2, 0.25) is 0 Å². The Labute approximate surface area is 126 Å². The second kappa shape index (κ2) is 10.3. The van der Waals surface area contributed by atoms with Crippen molar-refractivity contribution in [2.45, 2.75) is 38.0 Å². The normalized spacial score (nSPS) is 10.3. The average Bonchev–Trinajstić information content (AvgIpc) is 2.15. The Morgan fingerprint density at radius 1 is 1.20 bits per heavy atom. The van der Waals surface area contributed by atoms with Crippen molar-refractivity contribution in [2.75, 3.05) is 0 Å².